The molecule has 0 unspecified atom stereocenters. The van der Waals surface area contributed by atoms with Gasteiger partial charge in [0.2, 0.25) is 11.8 Å². The zero-order valence-electron chi connectivity index (χ0n) is 11.3. The van der Waals surface area contributed by atoms with E-state index in [9.17, 15) is 9.59 Å². The van der Waals surface area contributed by atoms with Gasteiger partial charge < -0.3 is 10.2 Å². The third-order valence-electron chi connectivity index (χ3n) is 2.76. The van der Waals surface area contributed by atoms with E-state index in [1.807, 2.05) is 12.1 Å². The Bertz CT molecular complexity index is 432. The lowest BCUT2D eigenvalue weighted by Gasteiger charge is -2.21. The number of hydrogen-bond donors (Lipinski definition) is 1. The summed E-state index contributed by atoms with van der Waals surface area (Å²) >= 11 is 5.82. The molecule has 1 aromatic carbocycles. The molecular weight excluding hydrogens is 264 g/mol. The second-order valence-electron chi connectivity index (χ2n) is 4.27. The van der Waals surface area contributed by atoms with Crippen molar-refractivity contribution in [3.05, 3.63) is 34.9 Å². The zero-order chi connectivity index (χ0) is 14.3. The largest absolute Gasteiger partial charge is 0.354 e. The standard InChI is InChI=1S/C14H19ClN2O2/c1-3-14(19)16-8-9-17(11(2)18)10-12-4-6-13(15)7-5-12/h4-7H,3,8-10H2,1-2H3,(H,16,19). The third kappa shape index (κ3) is 5.75. The summed E-state index contributed by atoms with van der Waals surface area (Å²) < 4.78 is 0. The molecule has 0 aromatic heterocycles. The number of rotatable bonds is 6. The van der Waals surface area contributed by atoms with Crippen LogP contribution in [-0.4, -0.2) is 29.8 Å². The third-order valence-corrected chi connectivity index (χ3v) is 3.01. The lowest BCUT2D eigenvalue weighted by atomic mass is 10.2. The molecule has 1 aromatic rings. The highest BCUT2D eigenvalue weighted by Gasteiger charge is 2.09. The molecule has 5 heteroatoms. The van der Waals surface area contributed by atoms with Gasteiger partial charge in [0, 0.05) is 38.0 Å². The summed E-state index contributed by atoms with van der Waals surface area (Å²) in [5.41, 5.74) is 1.02. The van der Waals surface area contributed by atoms with Crippen molar-refractivity contribution in [2.24, 2.45) is 0 Å². The van der Waals surface area contributed by atoms with Gasteiger partial charge in [0.1, 0.15) is 0 Å². The van der Waals surface area contributed by atoms with Gasteiger partial charge in [0.05, 0.1) is 0 Å². The minimum Gasteiger partial charge on any atom is -0.354 e. The molecule has 0 aliphatic rings. The van der Waals surface area contributed by atoms with Crippen LogP contribution in [0, 0.1) is 0 Å². The van der Waals surface area contributed by atoms with E-state index < -0.39 is 0 Å². The molecule has 2 amide bonds. The average molecular weight is 283 g/mol. The van der Waals surface area contributed by atoms with Crippen LogP contribution in [0.3, 0.4) is 0 Å². The van der Waals surface area contributed by atoms with E-state index in [2.05, 4.69) is 5.32 Å². The van der Waals surface area contributed by atoms with E-state index in [0.29, 0.717) is 31.1 Å². The molecule has 0 saturated carbocycles. The summed E-state index contributed by atoms with van der Waals surface area (Å²) in [6, 6.07) is 7.38. The highest BCUT2D eigenvalue weighted by Crippen LogP contribution is 2.11. The fourth-order valence-corrected chi connectivity index (χ4v) is 1.74. The molecule has 0 saturated heterocycles. The number of nitrogens with one attached hydrogen (secondary N) is 1. The van der Waals surface area contributed by atoms with Crippen LogP contribution in [0.1, 0.15) is 25.8 Å². The molecule has 1 N–H and O–H groups in total. The smallest absolute Gasteiger partial charge is 0.219 e. The first-order valence-corrected chi connectivity index (χ1v) is 6.67. The summed E-state index contributed by atoms with van der Waals surface area (Å²) in [4.78, 5) is 24.4. The van der Waals surface area contributed by atoms with Crippen LogP contribution in [0.5, 0.6) is 0 Å². The monoisotopic (exact) mass is 282 g/mol. The molecule has 0 fully saturated rings. The van der Waals surface area contributed by atoms with Gasteiger partial charge in [-0.15, -0.1) is 0 Å². The number of carbonyl (C=O) groups excluding carboxylic acids is 2. The van der Waals surface area contributed by atoms with Crippen LogP contribution in [0.4, 0.5) is 0 Å². The Morgan fingerprint density at radius 3 is 2.42 bits per heavy atom. The van der Waals surface area contributed by atoms with Crippen molar-refractivity contribution in [3.63, 3.8) is 0 Å². The normalized spacial score (nSPS) is 10.1. The van der Waals surface area contributed by atoms with Gasteiger partial charge in [-0.1, -0.05) is 30.7 Å². The topological polar surface area (TPSA) is 49.4 Å². The molecule has 19 heavy (non-hydrogen) atoms. The van der Waals surface area contributed by atoms with Crippen LogP contribution in [0.2, 0.25) is 5.02 Å². The SMILES string of the molecule is CCC(=O)NCCN(Cc1ccc(Cl)cc1)C(C)=O. The minimum absolute atomic E-state index is 0.00463. The predicted molar refractivity (Wildman–Crippen MR) is 75.8 cm³/mol. The second-order valence-corrected chi connectivity index (χ2v) is 4.71. The average Bonchev–Trinajstić information content (AvgIpc) is 2.39. The molecule has 0 radical (unpaired) electrons. The van der Waals surface area contributed by atoms with E-state index in [4.69, 9.17) is 11.6 Å². The first kappa shape index (κ1) is 15.5. The molecule has 0 atom stereocenters. The van der Waals surface area contributed by atoms with E-state index in [0.717, 1.165) is 5.56 Å². The predicted octanol–water partition coefficient (Wildman–Crippen LogP) is 2.21. The highest BCUT2D eigenvalue weighted by molar-refractivity contribution is 6.30. The van der Waals surface area contributed by atoms with E-state index in [1.165, 1.54) is 6.92 Å². The molecule has 104 valence electrons. The molecule has 1 rings (SSSR count). The van der Waals surface area contributed by atoms with Crippen LogP contribution >= 0.6 is 11.6 Å². The Kier molecular flexibility index (Phi) is 6.36. The Labute approximate surface area is 118 Å². The van der Waals surface area contributed by atoms with Gasteiger partial charge in [-0.3, -0.25) is 9.59 Å². The van der Waals surface area contributed by atoms with Crippen molar-refractivity contribution in [2.75, 3.05) is 13.1 Å². The lowest BCUT2D eigenvalue weighted by molar-refractivity contribution is -0.130. The Morgan fingerprint density at radius 1 is 1.26 bits per heavy atom. The van der Waals surface area contributed by atoms with Gasteiger partial charge in [-0.05, 0) is 17.7 Å². The van der Waals surface area contributed by atoms with Gasteiger partial charge in [0.15, 0.2) is 0 Å². The molecular formula is C14H19ClN2O2. The zero-order valence-corrected chi connectivity index (χ0v) is 12.0. The van der Waals surface area contributed by atoms with Crippen molar-refractivity contribution in [1.82, 2.24) is 10.2 Å². The van der Waals surface area contributed by atoms with Crippen molar-refractivity contribution in [1.29, 1.82) is 0 Å². The number of benzene rings is 1. The summed E-state index contributed by atoms with van der Waals surface area (Å²) in [6.45, 7) is 4.82. The van der Waals surface area contributed by atoms with Crippen LogP contribution < -0.4 is 5.32 Å². The molecule has 0 bridgehead atoms. The second kappa shape index (κ2) is 7.79. The molecule has 0 heterocycles. The van der Waals surface area contributed by atoms with Crippen molar-refractivity contribution >= 4 is 23.4 Å². The van der Waals surface area contributed by atoms with Crippen LogP contribution in [-0.2, 0) is 16.1 Å². The Hall–Kier alpha value is -1.55. The van der Waals surface area contributed by atoms with Gasteiger partial charge >= 0.3 is 0 Å². The van der Waals surface area contributed by atoms with Crippen LogP contribution in [0.15, 0.2) is 24.3 Å². The first-order valence-electron chi connectivity index (χ1n) is 6.29. The summed E-state index contributed by atoms with van der Waals surface area (Å²) in [7, 11) is 0. The summed E-state index contributed by atoms with van der Waals surface area (Å²) in [6.07, 6.45) is 0.456. The summed E-state index contributed by atoms with van der Waals surface area (Å²) in [5.74, 6) is -0.0179. The van der Waals surface area contributed by atoms with E-state index in [-0.39, 0.29) is 11.8 Å². The molecule has 0 aliphatic heterocycles. The Morgan fingerprint density at radius 2 is 1.89 bits per heavy atom. The first-order chi connectivity index (χ1) is 9.02. The van der Waals surface area contributed by atoms with Gasteiger partial charge in [-0.2, -0.15) is 0 Å². The van der Waals surface area contributed by atoms with Gasteiger partial charge in [-0.25, -0.2) is 0 Å². The summed E-state index contributed by atoms with van der Waals surface area (Å²) in [5, 5.41) is 3.43. The van der Waals surface area contributed by atoms with Crippen molar-refractivity contribution < 1.29 is 9.59 Å². The Balaban J connectivity index is 2.51. The maximum atomic E-state index is 11.5. The number of carbonyl (C=O) groups is 2. The number of nitrogens with zero attached hydrogens (tertiary/aromatic N) is 1. The number of amides is 2. The van der Waals surface area contributed by atoms with Crippen molar-refractivity contribution in [2.45, 2.75) is 26.8 Å². The maximum Gasteiger partial charge on any atom is 0.219 e. The fourth-order valence-electron chi connectivity index (χ4n) is 1.61. The maximum absolute atomic E-state index is 11.5. The quantitative estimate of drug-likeness (QED) is 0.870. The van der Waals surface area contributed by atoms with E-state index in [1.54, 1.807) is 24.0 Å². The molecule has 4 nitrogen and oxygen atoms in total. The lowest BCUT2D eigenvalue weighted by Crippen LogP contribution is -2.36. The molecule has 0 aliphatic carbocycles. The number of halogens is 1. The van der Waals surface area contributed by atoms with Gasteiger partial charge in [0.25, 0.3) is 0 Å². The number of hydrogen-bond acceptors (Lipinski definition) is 2. The van der Waals surface area contributed by atoms with Crippen LogP contribution in [0.25, 0.3) is 0 Å². The van der Waals surface area contributed by atoms with Crippen molar-refractivity contribution in [3.8, 4) is 0 Å². The minimum atomic E-state index is -0.0132. The molecule has 0 spiro atoms. The highest BCUT2D eigenvalue weighted by atomic mass is 35.5. The van der Waals surface area contributed by atoms with E-state index >= 15 is 0 Å². The fraction of sp³-hybridized carbons (Fsp3) is 0.429.